The average Bonchev–Trinajstić information content (AvgIpc) is 2.38. The molecule has 0 aromatic heterocycles. The number of halogens is 1. The summed E-state index contributed by atoms with van der Waals surface area (Å²) in [5.74, 6) is 0.000503. The summed E-state index contributed by atoms with van der Waals surface area (Å²) in [6.45, 7) is 4.46. The quantitative estimate of drug-likeness (QED) is 0.771. The SMILES string of the molecule is COCCCNC(=O)C(C)Oc1ccc(F)c(C)c1. The first kappa shape index (κ1) is 15.4. The number of benzene rings is 1. The van der Waals surface area contributed by atoms with Gasteiger partial charge in [-0.2, -0.15) is 0 Å². The van der Waals surface area contributed by atoms with Crippen molar-refractivity contribution < 1.29 is 18.7 Å². The Morgan fingerprint density at radius 1 is 1.47 bits per heavy atom. The number of rotatable bonds is 7. The van der Waals surface area contributed by atoms with Crippen molar-refractivity contribution in [3.8, 4) is 5.75 Å². The summed E-state index contributed by atoms with van der Waals surface area (Å²) in [4.78, 5) is 11.7. The summed E-state index contributed by atoms with van der Waals surface area (Å²) >= 11 is 0. The summed E-state index contributed by atoms with van der Waals surface area (Å²) in [7, 11) is 1.62. The second-order valence-corrected chi connectivity index (χ2v) is 4.31. The molecule has 19 heavy (non-hydrogen) atoms. The van der Waals surface area contributed by atoms with E-state index in [4.69, 9.17) is 9.47 Å². The van der Waals surface area contributed by atoms with E-state index in [-0.39, 0.29) is 11.7 Å². The molecule has 0 heterocycles. The molecule has 106 valence electrons. The number of aryl methyl sites for hydroxylation is 1. The van der Waals surface area contributed by atoms with Crippen LogP contribution >= 0.6 is 0 Å². The molecule has 0 aliphatic carbocycles. The smallest absolute Gasteiger partial charge is 0.260 e. The van der Waals surface area contributed by atoms with Crippen molar-refractivity contribution in [1.29, 1.82) is 0 Å². The van der Waals surface area contributed by atoms with E-state index >= 15 is 0 Å². The third-order valence-electron chi connectivity index (χ3n) is 2.64. The Balaban J connectivity index is 2.42. The van der Waals surface area contributed by atoms with E-state index in [2.05, 4.69) is 5.32 Å². The highest BCUT2D eigenvalue weighted by Gasteiger charge is 2.14. The van der Waals surface area contributed by atoms with Gasteiger partial charge in [0.2, 0.25) is 0 Å². The third kappa shape index (κ3) is 5.26. The largest absolute Gasteiger partial charge is 0.481 e. The molecule has 1 aromatic rings. The summed E-state index contributed by atoms with van der Waals surface area (Å²) in [6, 6.07) is 4.41. The van der Waals surface area contributed by atoms with Crippen LogP contribution in [0.25, 0.3) is 0 Å². The molecule has 5 heteroatoms. The third-order valence-corrected chi connectivity index (χ3v) is 2.64. The van der Waals surface area contributed by atoms with Crippen LogP contribution < -0.4 is 10.1 Å². The van der Waals surface area contributed by atoms with E-state index in [1.54, 1.807) is 27.0 Å². The molecule has 1 amide bonds. The van der Waals surface area contributed by atoms with Gasteiger partial charge in [-0.15, -0.1) is 0 Å². The standard InChI is InChI=1S/C14H20FNO3/c1-10-9-12(5-6-13(10)15)19-11(2)14(17)16-7-4-8-18-3/h5-6,9,11H,4,7-8H2,1-3H3,(H,16,17). The molecular formula is C14H20FNO3. The normalized spacial score (nSPS) is 12.0. The van der Waals surface area contributed by atoms with Crippen molar-refractivity contribution in [2.75, 3.05) is 20.3 Å². The van der Waals surface area contributed by atoms with Crippen LogP contribution in [0.3, 0.4) is 0 Å². The van der Waals surface area contributed by atoms with Gasteiger partial charge in [0.1, 0.15) is 11.6 Å². The van der Waals surface area contributed by atoms with Crippen molar-refractivity contribution in [2.45, 2.75) is 26.4 Å². The van der Waals surface area contributed by atoms with Gasteiger partial charge in [0, 0.05) is 20.3 Å². The van der Waals surface area contributed by atoms with Gasteiger partial charge >= 0.3 is 0 Å². The van der Waals surface area contributed by atoms with Crippen molar-refractivity contribution in [3.63, 3.8) is 0 Å². The number of carbonyl (C=O) groups excluding carboxylic acids is 1. The lowest BCUT2D eigenvalue weighted by Gasteiger charge is -2.15. The lowest BCUT2D eigenvalue weighted by atomic mass is 10.2. The monoisotopic (exact) mass is 269 g/mol. The van der Waals surface area contributed by atoms with E-state index in [9.17, 15) is 9.18 Å². The lowest BCUT2D eigenvalue weighted by molar-refractivity contribution is -0.127. The molecule has 0 aliphatic heterocycles. The van der Waals surface area contributed by atoms with E-state index in [1.807, 2.05) is 0 Å². The minimum Gasteiger partial charge on any atom is -0.481 e. The molecule has 1 atom stereocenters. The molecular weight excluding hydrogens is 249 g/mol. The summed E-state index contributed by atoms with van der Waals surface area (Å²) in [5.41, 5.74) is 0.491. The molecule has 0 spiro atoms. The maximum absolute atomic E-state index is 13.1. The Hall–Kier alpha value is -1.62. The maximum atomic E-state index is 13.1. The van der Waals surface area contributed by atoms with Gasteiger partial charge in [0.25, 0.3) is 5.91 Å². The second-order valence-electron chi connectivity index (χ2n) is 4.31. The second kappa shape index (κ2) is 7.74. The van der Waals surface area contributed by atoms with Crippen LogP contribution in [0.2, 0.25) is 0 Å². The lowest BCUT2D eigenvalue weighted by Crippen LogP contribution is -2.37. The Labute approximate surface area is 112 Å². The van der Waals surface area contributed by atoms with Gasteiger partial charge in [0.15, 0.2) is 6.10 Å². The van der Waals surface area contributed by atoms with Gasteiger partial charge in [-0.25, -0.2) is 4.39 Å². The average molecular weight is 269 g/mol. The Morgan fingerprint density at radius 2 is 2.21 bits per heavy atom. The van der Waals surface area contributed by atoms with E-state index in [1.165, 1.54) is 12.1 Å². The van der Waals surface area contributed by atoms with Gasteiger partial charge in [0.05, 0.1) is 0 Å². The topological polar surface area (TPSA) is 47.6 Å². The first-order valence-electron chi connectivity index (χ1n) is 6.24. The highest BCUT2D eigenvalue weighted by Crippen LogP contribution is 2.17. The van der Waals surface area contributed by atoms with Crippen LogP contribution in [0, 0.1) is 12.7 Å². The summed E-state index contributed by atoms with van der Waals surface area (Å²) < 4.78 is 23.4. The fourth-order valence-corrected chi connectivity index (χ4v) is 1.52. The fraction of sp³-hybridized carbons (Fsp3) is 0.500. The van der Waals surface area contributed by atoms with Crippen molar-refractivity contribution in [1.82, 2.24) is 5.32 Å². The summed E-state index contributed by atoms with van der Waals surface area (Å²) in [6.07, 6.45) is 0.136. The van der Waals surface area contributed by atoms with Gasteiger partial charge in [-0.3, -0.25) is 4.79 Å². The molecule has 0 aliphatic rings. The highest BCUT2D eigenvalue weighted by molar-refractivity contribution is 5.80. The Kier molecular flexibility index (Phi) is 6.29. The van der Waals surface area contributed by atoms with Crippen molar-refractivity contribution in [3.05, 3.63) is 29.6 Å². The first-order chi connectivity index (χ1) is 9.04. The molecule has 0 fully saturated rings. The van der Waals surface area contributed by atoms with E-state index < -0.39 is 6.10 Å². The highest BCUT2D eigenvalue weighted by atomic mass is 19.1. The molecule has 1 unspecified atom stereocenters. The van der Waals surface area contributed by atoms with E-state index in [0.29, 0.717) is 24.5 Å². The Bertz CT molecular complexity index is 423. The molecule has 1 aromatic carbocycles. The zero-order valence-electron chi connectivity index (χ0n) is 11.5. The van der Waals surface area contributed by atoms with Crippen LogP contribution in [-0.2, 0) is 9.53 Å². The Morgan fingerprint density at radius 3 is 2.84 bits per heavy atom. The van der Waals surface area contributed by atoms with Gasteiger partial charge < -0.3 is 14.8 Å². The molecule has 1 rings (SSSR count). The number of nitrogens with one attached hydrogen (secondary N) is 1. The van der Waals surface area contributed by atoms with Crippen LogP contribution in [-0.4, -0.2) is 32.3 Å². The van der Waals surface area contributed by atoms with Crippen LogP contribution in [0.4, 0.5) is 4.39 Å². The maximum Gasteiger partial charge on any atom is 0.260 e. The minimum atomic E-state index is -0.618. The number of carbonyl (C=O) groups is 1. The van der Waals surface area contributed by atoms with Crippen molar-refractivity contribution in [2.24, 2.45) is 0 Å². The van der Waals surface area contributed by atoms with Crippen LogP contribution in [0.15, 0.2) is 18.2 Å². The molecule has 0 radical (unpaired) electrons. The molecule has 0 saturated heterocycles. The van der Waals surface area contributed by atoms with Crippen molar-refractivity contribution >= 4 is 5.91 Å². The van der Waals surface area contributed by atoms with Crippen LogP contribution in [0.1, 0.15) is 18.9 Å². The first-order valence-corrected chi connectivity index (χ1v) is 6.24. The number of hydrogen-bond acceptors (Lipinski definition) is 3. The predicted octanol–water partition coefficient (Wildman–Crippen LogP) is 2.05. The number of hydrogen-bond donors (Lipinski definition) is 1. The minimum absolute atomic E-state index is 0.196. The van der Waals surface area contributed by atoms with Crippen LogP contribution in [0.5, 0.6) is 5.75 Å². The zero-order valence-corrected chi connectivity index (χ0v) is 11.5. The zero-order chi connectivity index (χ0) is 14.3. The predicted molar refractivity (Wildman–Crippen MR) is 70.7 cm³/mol. The molecule has 4 nitrogen and oxygen atoms in total. The molecule has 0 bridgehead atoms. The van der Waals surface area contributed by atoms with E-state index in [0.717, 1.165) is 6.42 Å². The van der Waals surface area contributed by atoms with Gasteiger partial charge in [-0.1, -0.05) is 0 Å². The fourth-order valence-electron chi connectivity index (χ4n) is 1.52. The number of methoxy groups -OCH3 is 1. The number of amides is 1. The van der Waals surface area contributed by atoms with Gasteiger partial charge in [-0.05, 0) is 44.0 Å². The molecule has 0 saturated carbocycles. The number of ether oxygens (including phenoxy) is 2. The summed E-state index contributed by atoms with van der Waals surface area (Å²) in [5, 5.41) is 2.75. The molecule has 1 N–H and O–H groups in total.